The summed E-state index contributed by atoms with van der Waals surface area (Å²) < 4.78 is 5.59. The number of nitrogens with zero attached hydrogens (tertiary/aromatic N) is 2. The molecular weight excluding hydrogens is 286 g/mol. The van der Waals surface area contributed by atoms with Gasteiger partial charge in [0.15, 0.2) is 0 Å². The fourth-order valence-electron chi connectivity index (χ4n) is 4.63. The zero-order chi connectivity index (χ0) is 17.1. The molecule has 0 amide bonds. The number of piperazine rings is 1. The van der Waals surface area contributed by atoms with Crippen molar-refractivity contribution >= 4 is 0 Å². The van der Waals surface area contributed by atoms with Gasteiger partial charge in [0.25, 0.3) is 0 Å². The summed E-state index contributed by atoms with van der Waals surface area (Å²) in [5.74, 6) is 0. The smallest absolute Gasteiger partial charge is 0.0594 e. The van der Waals surface area contributed by atoms with Crippen molar-refractivity contribution in [2.75, 3.05) is 52.5 Å². The minimum Gasteiger partial charge on any atom is -0.379 e. The predicted molar refractivity (Wildman–Crippen MR) is 98.0 cm³/mol. The summed E-state index contributed by atoms with van der Waals surface area (Å²) in [6.45, 7) is 22.5. The second kappa shape index (κ2) is 7.64. The van der Waals surface area contributed by atoms with E-state index < -0.39 is 0 Å². The third-order valence-corrected chi connectivity index (χ3v) is 5.89. The van der Waals surface area contributed by atoms with E-state index in [0.29, 0.717) is 0 Å². The Morgan fingerprint density at radius 3 is 1.87 bits per heavy atom. The predicted octanol–water partition coefficient (Wildman–Crippen LogP) is 2.51. The maximum Gasteiger partial charge on any atom is 0.0594 e. The second-order valence-electron chi connectivity index (χ2n) is 7.96. The number of hydrogen-bond donors (Lipinski definition) is 1. The van der Waals surface area contributed by atoms with E-state index in [4.69, 9.17) is 4.74 Å². The van der Waals surface area contributed by atoms with E-state index in [9.17, 15) is 0 Å². The molecule has 2 fully saturated rings. The molecule has 0 saturated carbocycles. The van der Waals surface area contributed by atoms with Gasteiger partial charge in [-0.2, -0.15) is 0 Å². The van der Waals surface area contributed by atoms with E-state index in [1.54, 1.807) is 11.1 Å². The summed E-state index contributed by atoms with van der Waals surface area (Å²) in [5.41, 5.74) is 3.31. The Balaban J connectivity index is 2.36. The lowest BCUT2D eigenvalue weighted by atomic mass is 9.74. The van der Waals surface area contributed by atoms with Gasteiger partial charge in [0.2, 0.25) is 0 Å². The molecule has 0 aliphatic carbocycles. The molecule has 4 heteroatoms. The summed E-state index contributed by atoms with van der Waals surface area (Å²) >= 11 is 0. The van der Waals surface area contributed by atoms with Crippen LogP contribution in [0, 0.1) is 0 Å². The van der Waals surface area contributed by atoms with Gasteiger partial charge in [-0.1, -0.05) is 12.5 Å². The van der Waals surface area contributed by atoms with Gasteiger partial charge in [0, 0.05) is 50.3 Å². The van der Waals surface area contributed by atoms with E-state index in [1.807, 2.05) is 0 Å². The fraction of sp³-hybridized carbons (Fsp3) is 0.895. The van der Waals surface area contributed by atoms with Gasteiger partial charge in [0.1, 0.15) is 0 Å². The normalized spacial score (nSPS) is 23.7. The van der Waals surface area contributed by atoms with Gasteiger partial charge < -0.3 is 10.1 Å². The third kappa shape index (κ3) is 3.98. The first kappa shape index (κ1) is 18.9. The maximum atomic E-state index is 5.59. The van der Waals surface area contributed by atoms with Crippen LogP contribution in [0.25, 0.3) is 0 Å². The fourth-order valence-corrected chi connectivity index (χ4v) is 4.63. The number of nitrogens with one attached hydrogen (secondary N) is 1. The Hall–Kier alpha value is -0.420. The first-order valence-corrected chi connectivity index (χ1v) is 9.31. The zero-order valence-electron chi connectivity index (χ0n) is 16.2. The van der Waals surface area contributed by atoms with Crippen molar-refractivity contribution in [2.24, 2.45) is 0 Å². The molecule has 23 heavy (non-hydrogen) atoms. The monoisotopic (exact) mass is 323 g/mol. The molecule has 0 unspecified atom stereocenters. The Morgan fingerprint density at radius 2 is 1.39 bits per heavy atom. The van der Waals surface area contributed by atoms with E-state index in [-0.39, 0.29) is 11.1 Å². The lowest BCUT2D eigenvalue weighted by Gasteiger charge is -2.52. The van der Waals surface area contributed by atoms with Gasteiger partial charge >= 0.3 is 0 Å². The standard InChI is InChI=1S/C19H37N3O/c1-7-16(2)17(18(3,4)21-10-8-20-9-11-21)19(5,6)22-12-14-23-15-13-22/h20H,7-15H2,1-6H3. The van der Waals surface area contributed by atoms with Crippen LogP contribution < -0.4 is 5.32 Å². The van der Waals surface area contributed by atoms with Crippen molar-refractivity contribution in [3.8, 4) is 0 Å². The summed E-state index contributed by atoms with van der Waals surface area (Å²) in [4.78, 5) is 5.29. The number of ether oxygens (including phenoxy) is 1. The summed E-state index contributed by atoms with van der Waals surface area (Å²) in [5, 5.41) is 3.49. The highest BCUT2D eigenvalue weighted by Crippen LogP contribution is 2.39. The quantitative estimate of drug-likeness (QED) is 0.787. The van der Waals surface area contributed by atoms with Crippen molar-refractivity contribution in [1.29, 1.82) is 0 Å². The summed E-state index contributed by atoms with van der Waals surface area (Å²) in [6, 6.07) is 0. The highest BCUT2D eigenvalue weighted by atomic mass is 16.5. The average molecular weight is 324 g/mol. The number of hydrogen-bond acceptors (Lipinski definition) is 4. The molecule has 1 N–H and O–H groups in total. The highest BCUT2D eigenvalue weighted by Gasteiger charge is 2.43. The van der Waals surface area contributed by atoms with Gasteiger partial charge in [-0.15, -0.1) is 0 Å². The Bertz CT molecular complexity index is 384. The molecular formula is C19H37N3O. The van der Waals surface area contributed by atoms with Gasteiger partial charge in [0.05, 0.1) is 13.2 Å². The lowest BCUT2D eigenvalue weighted by molar-refractivity contribution is -0.00901. The van der Waals surface area contributed by atoms with Crippen LogP contribution in [0.5, 0.6) is 0 Å². The van der Waals surface area contributed by atoms with Crippen LogP contribution in [0.4, 0.5) is 0 Å². The molecule has 0 radical (unpaired) electrons. The molecule has 0 aromatic heterocycles. The summed E-state index contributed by atoms with van der Waals surface area (Å²) in [7, 11) is 0. The van der Waals surface area contributed by atoms with Crippen LogP contribution in [0.2, 0.25) is 0 Å². The lowest BCUT2D eigenvalue weighted by Crippen LogP contribution is -2.61. The van der Waals surface area contributed by atoms with E-state index >= 15 is 0 Å². The van der Waals surface area contributed by atoms with Crippen molar-refractivity contribution in [3.05, 3.63) is 11.1 Å². The topological polar surface area (TPSA) is 27.7 Å². The number of allylic oxidation sites excluding steroid dienone is 1. The van der Waals surface area contributed by atoms with Crippen molar-refractivity contribution in [2.45, 2.75) is 59.0 Å². The van der Waals surface area contributed by atoms with Crippen LogP contribution in [-0.2, 0) is 4.74 Å². The first-order valence-electron chi connectivity index (χ1n) is 9.31. The number of rotatable bonds is 5. The Kier molecular flexibility index (Phi) is 6.28. The van der Waals surface area contributed by atoms with Gasteiger partial charge in [-0.25, -0.2) is 0 Å². The third-order valence-electron chi connectivity index (χ3n) is 5.89. The SMILES string of the molecule is CCC(C)=C(C(C)(C)N1CCNCC1)C(C)(C)N1CCOCC1. The molecule has 2 heterocycles. The second-order valence-corrected chi connectivity index (χ2v) is 7.96. The summed E-state index contributed by atoms with van der Waals surface area (Å²) in [6.07, 6.45) is 1.12. The zero-order valence-corrected chi connectivity index (χ0v) is 16.2. The van der Waals surface area contributed by atoms with Crippen LogP contribution in [0.3, 0.4) is 0 Å². The number of morpholine rings is 1. The largest absolute Gasteiger partial charge is 0.379 e. The molecule has 0 atom stereocenters. The first-order chi connectivity index (χ1) is 10.8. The van der Waals surface area contributed by atoms with Crippen molar-refractivity contribution in [1.82, 2.24) is 15.1 Å². The molecule has 2 aliphatic heterocycles. The van der Waals surface area contributed by atoms with Crippen LogP contribution in [-0.4, -0.2) is 73.4 Å². The van der Waals surface area contributed by atoms with Crippen LogP contribution >= 0.6 is 0 Å². The molecule has 0 bridgehead atoms. The molecule has 0 aromatic rings. The van der Waals surface area contributed by atoms with Crippen molar-refractivity contribution in [3.63, 3.8) is 0 Å². The molecule has 2 rings (SSSR count). The minimum atomic E-state index is 0.0677. The highest BCUT2D eigenvalue weighted by molar-refractivity contribution is 5.34. The molecule has 0 aromatic carbocycles. The minimum absolute atomic E-state index is 0.0677. The molecule has 134 valence electrons. The van der Waals surface area contributed by atoms with Gasteiger partial charge in [-0.05, 0) is 46.6 Å². The molecule has 2 aliphatic rings. The van der Waals surface area contributed by atoms with Crippen LogP contribution in [0.15, 0.2) is 11.1 Å². The van der Waals surface area contributed by atoms with Crippen LogP contribution in [0.1, 0.15) is 48.0 Å². The maximum absolute atomic E-state index is 5.59. The molecule has 0 spiro atoms. The van der Waals surface area contributed by atoms with Gasteiger partial charge in [-0.3, -0.25) is 9.80 Å². The van der Waals surface area contributed by atoms with E-state index in [2.05, 4.69) is 56.7 Å². The molecule has 2 saturated heterocycles. The van der Waals surface area contributed by atoms with Crippen molar-refractivity contribution < 1.29 is 4.74 Å². The molecule has 4 nitrogen and oxygen atoms in total. The van der Waals surface area contributed by atoms with E-state index in [1.165, 1.54) is 0 Å². The Morgan fingerprint density at radius 1 is 0.913 bits per heavy atom. The average Bonchev–Trinajstić information content (AvgIpc) is 2.56. The van der Waals surface area contributed by atoms with E-state index in [0.717, 1.165) is 58.9 Å². The Labute approximate surface area is 143 Å².